The van der Waals surface area contributed by atoms with Gasteiger partial charge in [-0.25, -0.2) is 0 Å². The second-order valence-electron chi connectivity index (χ2n) is 5.65. The molecule has 0 aliphatic carbocycles. The Hall–Kier alpha value is -2.73. The Kier molecular flexibility index (Phi) is 5.94. The molecule has 0 saturated carbocycles. The summed E-state index contributed by atoms with van der Waals surface area (Å²) in [6.07, 6.45) is 5.34. The van der Waals surface area contributed by atoms with Crippen LogP contribution in [0.25, 0.3) is 23.0 Å². The summed E-state index contributed by atoms with van der Waals surface area (Å²) in [7, 11) is -8.01. The van der Waals surface area contributed by atoms with Crippen LogP contribution in [0.5, 0.6) is 5.75 Å². The molecule has 1 aromatic heterocycles. The van der Waals surface area contributed by atoms with Crippen LogP contribution in [0.2, 0.25) is 0 Å². The van der Waals surface area contributed by atoms with Gasteiger partial charge in [0, 0.05) is 27.8 Å². The summed E-state index contributed by atoms with van der Waals surface area (Å²) in [6, 6.07) is 4.00. The average Bonchev–Trinajstić information content (AvgIpc) is 2.58. The quantitative estimate of drug-likeness (QED) is 0.578. The minimum atomic E-state index is -4.34. The molecular weight excluding hydrogens is 410 g/mol. The summed E-state index contributed by atoms with van der Waals surface area (Å²) in [5, 5.41) is 0.937. The third-order valence-electron chi connectivity index (χ3n) is 3.61. The van der Waals surface area contributed by atoms with Crippen molar-refractivity contribution in [3.05, 3.63) is 57.8 Å². The predicted octanol–water partition coefficient (Wildman–Crippen LogP) is 0.280. The molecule has 1 aromatic carbocycles. The molecule has 3 rings (SSSR count). The number of hydrogen-bond acceptors (Lipinski definition) is 6. The fourth-order valence-electron chi connectivity index (χ4n) is 2.58. The van der Waals surface area contributed by atoms with Gasteiger partial charge >= 0.3 is 0 Å². The topological polar surface area (TPSA) is 151 Å². The Balaban J connectivity index is 0.000000500. The van der Waals surface area contributed by atoms with Crippen molar-refractivity contribution in [1.82, 2.24) is 4.98 Å². The smallest absolute Gasteiger partial charge is 0.294 e. The molecule has 11 heteroatoms. The van der Waals surface area contributed by atoms with Gasteiger partial charge in [-0.1, -0.05) is 12.7 Å². The van der Waals surface area contributed by atoms with E-state index in [1.165, 1.54) is 30.5 Å². The van der Waals surface area contributed by atoms with E-state index in [1.807, 2.05) is 0 Å². The molecule has 1 aliphatic heterocycles. The summed E-state index contributed by atoms with van der Waals surface area (Å²) in [5.41, 5.74) is 0.767. The Bertz CT molecular complexity index is 1330. The van der Waals surface area contributed by atoms with Gasteiger partial charge in [-0.15, -0.1) is 0 Å². The average molecular weight is 427 g/mol. The van der Waals surface area contributed by atoms with Gasteiger partial charge in [0.15, 0.2) is 0 Å². The summed E-state index contributed by atoms with van der Waals surface area (Å²) < 4.78 is 63.5. The fourth-order valence-corrected chi connectivity index (χ4v) is 3.09. The Morgan fingerprint density at radius 2 is 1.75 bits per heavy atom. The Labute approximate surface area is 160 Å². The molecule has 9 nitrogen and oxygen atoms in total. The van der Waals surface area contributed by atoms with Crippen LogP contribution in [0.1, 0.15) is 6.92 Å². The van der Waals surface area contributed by atoms with E-state index in [2.05, 4.69) is 11.6 Å². The van der Waals surface area contributed by atoms with E-state index in [9.17, 15) is 26.2 Å². The number of fused-ring (bicyclic) bond motifs is 3. The van der Waals surface area contributed by atoms with Crippen molar-refractivity contribution in [1.29, 1.82) is 0 Å². The molecule has 0 amide bonds. The molecule has 0 saturated heterocycles. The zero-order valence-electron chi connectivity index (χ0n) is 14.8. The first kappa shape index (κ1) is 21.6. The van der Waals surface area contributed by atoms with Gasteiger partial charge in [0.05, 0.1) is 11.2 Å². The van der Waals surface area contributed by atoms with Crippen LogP contribution in [-0.2, 0) is 20.2 Å². The molecule has 150 valence electrons. The van der Waals surface area contributed by atoms with E-state index in [1.54, 1.807) is 13.0 Å². The maximum absolute atomic E-state index is 12.0. The number of aromatic amines is 1. The standard InChI is InChI=1S/C16H13NO5S.CH4O3S/c1-3-10-15-12(8-17-16(10)18)11-7-9(23(19,20)21)5-6-14(11)22-13(15)4-2;1-5(2,3)4/h3-8H,2H2,1H3,(H,17,18)(H,19,20,21);1H3,(H,2,3,4)/b10-3+;. The van der Waals surface area contributed by atoms with E-state index >= 15 is 0 Å². The zero-order chi connectivity index (χ0) is 21.3. The normalized spacial score (nSPS) is 13.6. The Morgan fingerprint density at radius 3 is 2.25 bits per heavy atom. The van der Waals surface area contributed by atoms with Crippen LogP contribution in [0.3, 0.4) is 0 Å². The lowest BCUT2D eigenvalue weighted by Gasteiger charge is -2.19. The number of ether oxygens (including phenoxy) is 1. The maximum Gasteiger partial charge on any atom is 0.294 e. The summed E-state index contributed by atoms with van der Waals surface area (Å²) in [6.45, 7) is 5.41. The van der Waals surface area contributed by atoms with Crippen LogP contribution in [0, 0.1) is 0 Å². The van der Waals surface area contributed by atoms with Gasteiger partial charge in [0.2, 0.25) is 0 Å². The highest BCUT2D eigenvalue weighted by Crippen LogP contribution is 2.34. The first-order chi connectivity index (χ1) is 12.9. The number of hydrogen-bond donors (Lipinski definition) is 3. The third-order valence-corrected chi connectivity index (χ3v) is 4.46. The fraction of sp³-hybridized carbons (Fsp3) is 0.118. The second-order valence-corrected chi connectivity index (χ2v) is 8.53. The molecule has 0 unspecified atom stereocenters. The highest BCUT2D eigenvalue weighted by Gasteiger charge is 2.21. The van der Waals surface area contributed by atoms with Crippen molar-refractivity contribution in [3.63, 3.8) is 0 Å². The number of H-pyrrole nitrogens is 1. The van der Waals surface area contributed by atoms with Crippen molar-refractivity contribution in [2.75, 3.05) is 6.26 Å². The molecule has 28 heavy (non-hydrogen) atoms. The summed E-state index contributed by atoms with van der Waals surface area (Å²) in [5.74, 6) is 0.820. The molecule has 0 atom stereocenters. The summed E-state index contributed by atoms with van der Waals surface area (Å²) in [4.78, 5) is 14.4. The van der Waals surface area contributed by atoms with E-state index in [-0.39, 0.29) is 10.5 Å². The number of benzene rings is 1. The van der Waals surface area contributed by atoms with Crippen molar-refractivity contribution in [2.45, 2.75) is 11.8 Å². The molecule has 3 N–H and O–H groups in total. The number of aromatic nitrogens is 1. The lowest BCUT2D eigenvalue weighted by molar-refractivity contribution is 0.481. The predicted molar refractivity (Wildman–Crippen MR) is 103 cm³/mol. The van der Waals surface area contributed by atoms with E-state index in [0.717, 1.165) is 0 Å². The molecule has 0 fully saturated rings. The van der Waals surface area contributed by atoms with E-state index in [0.29, 0.717) is 39.3 Å². The van der Waals surface area contributed by atoms with Gasteiger partial charge in [0.1, 0.15) is 11.5 Å². The molecule has 1 aliphatic rings. The Morgan fingerprint density at radius 1 is 1.14 bits per heavy atom. The van der Waals surface area contributed by atoms with Gasteiger partial charge < -0.3 is 9.72 Å². The minimum Gasteiger partial charge on any atom is -0.456 e. The monoisotopic (exact) mass is 427 g/mol. The lowest BCUT2D eigenvalue weighted by atomic mass is 10.00. The zero-order valence-corrected chi connectivity index (χ0v) is 16.5. The van der Waals surface area contributed by atoms with Crippen LogP contribution in [0.4, 0.5) is 0 Å². The van der Waals surface area contributed by atoms with E-state index < -0.39 is 20.2 Å². The largest absolute Gasteiger partial charge is 0.456 e. The number of rotatable bonds is 2. The molecule has 0 spiro atoms. The lowest BCUT2D eigenvalue weighted by Crippen LogP contribution is -2.44. The van der Waals surface area contributed by atoms with Crippen LogP contribution in [0.15, 0.2) is 46.7 Å². The van der Waals surface area contributed by atoms with Gasteiger partial charge in [-0.05, 0) is 31.2 Å². The second kappa shape index (κ2) is 7.72. The minimum absolute atomic E-state index is 0.249. The van der Waals surface area contributed by atoms with Crippen molar-refractivity contribution < 1.29 is 30.7 Å². The third kappa shape index (κ3) is 4.75. The molecular formula is C17H17NO8S2. The van der Waals surface area contributed by atoms with Crippen molar-refractivity contribution in [2.24, 2.45) is 0 Å². The molecule has 2 aromatic rings. The van der Waals surface area contributed by atoms with Crippen LogP contribution < -0.4 is 20.7 Å². The SMILES string of the molecule is C=CC1=c2c(c[nH]c(=O)/c2=C/C)-c2cc(S(=O)(=O)O)ccc2O1.CS(=O)(=O)O. The van der Waals surface area contributed by atoms with E-state index in [4.69, 9.17) is 9.29 Å². The number of pyridine rings is 1. The van der Waals surface area contributed by atoms with Gasteiger partial charge in [-0.3, -0.25) is 13.9 Å². The molecule has 2 heterocycles. The molecule has 0 radical (unpaired) electrons. The van der Waals surface area contributed by atoms with Crippen molar-refractivity contribution >= 4 is 32.1 Å². The van der Waals surface area contributed by atoms with Gasteiger partial charge in [0.25, 0.3) is 25.8 Å². The van der Waals surface area contributed by atoms with Crippen molar-refractivity contribution in [3.8, 4) is 16.9 Å². The number of nitrogens with one attached hydrogen (secondary N) is 1. The first-order valence-corrected chi connectivity index (χ1v) is 10.9. The highest BCUT2D eigenvalue weighted by molar-refractivity contribution is 7.85. The molecule has 0 bridgehead atoms. The van der Waals surface area contributed by atoms with Crippen LogP contribution in [-0.4, -0.2) is 37.2 Å². The highest BCUT2D eigenvalue weighted by atomic mass is 32.2. The summed E-state index contributed by atoms with van der Waals surface area (Å²) >= 11 is 0. The first-order valence-electron chi connectivity index (χ1n) is 7.63. The van der Waals surface area contributed by atoms with Gasteiger partial charge in [-0.2, -0.15) is 16.8 Å². The van der Waals surface area contributed by atoms with Crippen LogP contribution >= 0.6 is 0 Å². The maximum atomic E-state index is 12.0.